The topological polar surface area (TPSA) is 74.2 Å². The van der Waals surface area contributed by atoms with Crippen LogP contribution in [-0.2, 0) is 11.3 Å². The average molecular weight is 377 g/mol. The first-order valence-electron chi connectivity index (χ1n) is 9.77. The van der Waals surface area contributed by atoms with Crippen molar-refractivity contribution in [3.05, 3.63) is 53.6 Å². The molecule has 0 atom stereocenters. The molecule has 5 nitrogen and oxygen atoms in total. The Labute approximate surface area is 166 Å². The van der Waals surface area contributed by atoms with E-state index in [0.29, 0.717) is 18.2 Å². The second-order valence-electron chi connectivity index (χ2n) is 7.27. The number of carbonyl (C=O) groups is 1. The number of methoxy groups -OCH3 is 1. The van der Waals surface area contributed by atoms with Gasteiger partial charge in [0.25, 0.3) is 0 Å². The molecule has 1 amide bonds. The van der Waals surface area contributed by atoms with Gasteiger partial charge in [0.05, 0.1) is 18.7 Å². The third-order valence-corrected chi connectivity index (χ3v) is 5.56. The third-order valence-electron chi connectivity index (χ3n) is 5.56. The highest BCUT2D eigenvalue weighted by Gasteiger charge is 2.25. The van der Waals surface area contributed by atoms with Crippen LogP contribution in [0.5, 0.6) is 5.75 Å². The van der Waals surface area contributed by atoms with Crippen molar-refractivity contribution in [2.45, 2.75) is 38.3 Å². The van der Waals surface area contributed by atoms with Crippen molar-refractivity contribution in [1.82, 2.24) is 10.6 Å². The Hall–Kier alpha value is -2.84. The predicted octanol–water partition coefficient (Wildman–Crippen LogP) is 3.63. The largest absolute Gasteiger partial charge is 0.496 e. The van der Waals surface area contributed by atoms with Gasteiger partial charge in [0.2, 0.25) is 5.91 Å². The lowest BCUT2D eigenvalue weighted by molar-refractivity contribution is -0.126. The molecule has 2 aromatic rings. The first-order valence-corrected chi connectivity index (χ1v) is 9.77. The smallest absolute Gasteiger partial charge is 0.223 e. The molecule has 0 aliphatic heterocycles. The van der Waals surface area contributed by atoms with Crippen LogP contribution >= 0.6 is 0 Å². The van der Waals surface area contributed by atoms with Crippen LogP contribution in [0.1, 0.15) is 36.8 Å². The summed E-state index contributed by atoms with van der Waals surface area (Å²) < 4.78 is 5.48. The standard InChI is InChI=1S/C23H27N3O2/c1-25-21-9-6-17(7-10-21)23(27)26-15-20-13-19(8-11-22(20)28-2)18-5-3-4-16(12-18)14-24/h3-5,8,11-13,17,21,25H,6-7,9-10,15H2,1-2H3,(H,26,27). The Bertz CT molecular complexity index is 864. The van der Waals surface area contributed by atoms with Gasteiger partial charge in [-0.15, -0.1) is 0 Å². The minimum absolute atomic E-state index is 0.0890. The van der Waals surface area contributed by atoms with E-state index in [-0.39, 0.29) is 11.8 Å². The minimum Gasteiger partial charge on any atom is -0.496 e. The number of hydrogen-bond acceptors (Lipinski definition) is 4. The summed E-state index contributed by atoms with van der Waals surface area (Å²) in [5.41, 5.74) is 3.52. The lowest BCUT2D eigenvalue weighted by atomic mass is 9.85. The Morgan fingerprint density at radius 1 is 1.14 bits per heavy atom. The van der Waals surface area contributed by atoms with Crippen molar-refractivity contribution < 1.29 is 9.53 Å². The molecule has 0 aromatic heterocycles. The summed E-state index contributed by atoms with van der Waals surface area (Å²) in [6, 6.07) is 16.1. The highest BCUT2D eigenvalue weighted by Crippen LogP contribution is 2.28. The van der Waals surface area contributed by atoms with Crippen LogP contribution in [-0.4, -0.2) is 26.1 Å². The Kier molecular flexibility index (Phi) is 6.67. The third kappa shape index (κ3) is 4.71. The van der Waals surface area contributed by atoms with E-state index in [1.807, 2.05) is 43.4 Å². The molecule has 0 saturated heterocycles. The van der Waals surface area contributed by atoms with Crippen LogP contribution < -0.4 is 15.4 Å². The summed E-state index contributed by atoms with van der Waals surface area (Å²) >= 11 is 0. The van der Waals surface area contributed by atoms with E-state index in [4.69, 9.17) is 10.00 Å². The van der Waals surface area contributed by atoms with Gasteiger partial charge in [-0.05, 0) is 68.1 Å². The van der Waals surface area contributed by atoms with Gasteiger partial charge in [-0.1, -0.05) is 18.2 Å². The molecule has 0 spiro atoms. The number of rotatable bonds is 6. The molecule has 0 radical (unpaired) electrons. The highest BCUT2D eigenvalue weighted by atomic mass is 16.5. The lowest BCUT2D eigenvalue weighted by Gasteiger charge is -2.27. The number of hydrogen-bond donors (Lipinski definition) is 2. The van der Waals surface area contributed by atoms with Crippen LogP contribution in [0.4, 0.5) is 0 Å². The molecular weight excluding hydrogens is 350 g/mol. The van der Waals surface area contributed by atoms with Gasteiger partial charge in [0.15, 0.2) is 0 Å². The summed E-state index contributed by atoms with van der Waals surface area (Å²) in [6.07, 6.45) is 3.94. The Balaban J connectivity index is 1.70. The van der Waals surface area contributed by atoms with Gasteiger partial charge in [0, 0.05) is 24.1 Å². The number of nitriles is 1. The molecule has 2 aromatic carbocycles. The van der Waals surface area contributed by atoms with E-state index < -0.39 is 0 Å². The fraction of sp³-hybridized carbons (Fsp3) is 0.391. The Morgan fingerprint density at radius 3 is 2.57 bits per heavy atom. The molecule has 146 valence electrons. The number of benzene rings is 2. The number of ether oxygens (including phenoxy) is 1. The van der Waals surface area contributed by atoms with Gasteiger partial charge in [-0.2, -0.15) is 5.26 Å². The maximum atomic E-state index is 12.6. The normalized spacial score (nSPS) is 18.9. The maximum absolute atomic E-state index is 12.6. The van der Waals surface area contributed by atoms with E-state index in [2.05, 4.69) is 16.7 Å². The van der Waals surface area contributed by atoms with E-state index in [9.17, 15) is 4.79 Å². The number of nitrogens with zero attached hydrogens (tertiary/aromatic N) is 1. The molecule has 1 saturated carbocycles. The van der Waals surface area contributed by atoms with Crippen LogP contribution in [0.25, 0.3) is 11.1 Å². The maximum Gasteiger partial charge on any atom is 0.223 e. The van der Waals surface area contributed by atoms with Gasteiger partial charge < -0.3 is 15.4 Å². The monoisotopic (exact) mass is 377 g/mol. The van der Waals surface area contributed by atoms with Gasteiger partial charge in [0.1, 0.15) is 5.75 Å². The van der Waals surface area contributed by atoms with Crippen molar-refractivity contribution in [1.29, 1.82) is 5.26 Å². The fourth-order valence-corrected chi connectivity index (χ4v) is 3.84. The van der Waals surface area contributed by atoms with Crippen molar-refractivity contribution >= 4 is 5.91 Å². The van der Waals surface area contributed by atoms with Gasteiger partial charge >= 0.3 is 0 Å². The van der Waals surface area contributed by atoms with Crippen molar-refractivity contribution in [2.24, 2.45) is 5.92 Å². The number of amides is 1. The zero-order valence-electron chi connectivity index (χ0n) is 16.5. The summed E-state index contributed by atoms with van der Waals surface area (Å²) in [6.45, 7) is 0.430. The lowest BCUT2D eigenvalue weighted by Crippen LogP contribution is -2.37. The summed E-state index contributed by atoms with van der Waals surface area (Å²) in [4.78, 5) is 12.6. The summed E-state index contributed by atoms with van der Waals surface area (Å²) in [7, 11) is 3.62. The van der Waals surface area contributed by atoms with Crippen LogP contribution in [0.2, 0.25) is 0 Å². The highest BCUT2D eigenvalue weighted by molar-refractivity contribution is 5.79. The SMILES string of the molecule is CNC1CCC(C(=O)NCc2cc(-c3cccc(C#N)c3)ccc2OC)CC1. The van der Waals surface area contributed by atoms with E-state index in [0.717, 1.165) is 48.1 Å². The fourth-order valence-electron chi connectivity index (χ4n) is 3.84. The molecular formula is C23H27N3O2. The quantitative estimate of drug-likeness (QED) is 0.806. The molecule has 1 fully saturated rings. The summed E-state index contributed by atoms with van der Waals surface area (Å²) in [5, 5.41) is 15.5. The second kappa shape index (κ2) is 9.38. The predicted molar refractivity (Wildman–Crippen MR) is 110 cm³/mol. The van der Waals surface area contributed by atoms with Gasteiger partial charge in [-0.3, -0.25) is 4.79 Å². The van der Waals surface area contributed by atoms with E-state index >= 15 is 0 Å². The molecule has 5 heteroatoms. The average Bonchev–Trinajstić information content (AvgIpc) is 2.77. The second-order valence-corrected chi connectivity index (χ2v) is 7.27. The number of nitrogens with one attached hydrogen (secondary N) is 2. The van der Waals surface area contributed by atoms with E-state index in [1.54, 1.807) is 13.2 Å². The van der Waals surface area contributed by atoms with Crippen LogP contribution in [0, 0.1) is 17.2 Å². The Morgan fingerprint density at radius 2 is 1.89 bits per heavy atom. The summed E-state index contributed by atoms with van der Waals surface area (Å²) in [5.74, 6) is 0.957. The number of carbonyl (C=O) groups excluding carboxylic acids is 1. The molecule has 0 unspecified atom stereocenters. The molecule has 3 rings (SSSR count). The van der Waals surface area contributed by atoms with E-state index in [1.165, 1.54) is 0 Å². The molecule has 28 heavy (non-hydrogen) atoms. The van der Waals surface area contributed by atoms with Crippen LogP contribution in [0.3, 0.4) is 0 Å². The first-order chi connectivity index (χ1) is 13.6. The molecule has 0 bridgehead atoms. The zero-order valence-corrected chi connectivity index (χ0v) is 16.5. The molecule has 0 heterocycles. The van der Waals surface area contributed by atoms with Crippen molar-refractivity contribution in [2.75, 3.05) is 14.2 Å². The van der Waals surface area contributed by atoms with Crippen molar-refractivity contribution in [3.8, 4) is 22.9 Å². The molecule has 1 aliphatic carbocycles. The van der Waals surface area contributed by atoms with Crippen LogP contribution in [0.15, 0.2) is 42.5 Å². The zero-order chi connectivity index (χ0) is 19.9. The minimum atomic E-state index is 0.0890. The molecule has 1 aliphatic rings. The first kappa shape index (κ1) is 19.9. The van der Waals surface area contributed by atoms with Crippen molar-refractivity contribution in [3.63, 3.8) is 0 Å². The van der Waals surface area contributed by atoms with Gasteiger partial charge in [-0.25, -0.2) is 0 Å². The molecule has 2 N–H and O–H groups in total.